The number of piperidine rings is 1. The fraction of sp³-hybridized carbons (Fsp3) is 0.750. The molecule has 0 spiro atoms. The molecule has 1 aliphatic carbocycles. The fourth-order valence-corrected chi connectivity index (χ4v) is 6.05. The van der Waals surface area contributed by atoms with Gasteiger partial charge in [0.1, 0.15) is 6.04 Å². The molecule has 1 saturated heterocycles. The summed E-state index contributed by atoms with van der Waals surface area (Å²) in [5, 5.41) is 7.35. The Balaban J connectivity index is 1.53. The Bertz CT molecular complexity index is 772. The first-order valence-electron chi connectivity index (χ1n) is 13.4. The molecule has 1 aromatic carbocycles. The third kappa shape index (κ3) is 5.16. The first-order chi connectivity index (χ1) is 15.5. The molecule has 2 heterocycles. The second-order valence-electron chi connectivity index (χ2n) is 11.0. The van der Waals surface area contributed by atoms with Gasteiger partial charge in [-0.25, -0.2) is 0 Å². The Morgan fingerprint density at radius 3 is 2.69 bits per heavy atom. The summed E-state index contributed by atoms with van der Waals surface area (Å²) in [5.74, 6) is 2.01. The van der Waals surface area contributed by atoms with E-state index < -0.39 is 0 Å². The Labute approximate surface area is 195 Å². The van der Waals surface area contributed by atoms with Crippen LogP contribution in [-0.4, -0.2) is 37.1 Å². The van der Waals surface area contributed by atoms with Gasteiger partial charge < -0.3 is 15.5 Å². The van der Waals surface area contributed by atoms with Crippen molar-refractivity contribution in [2.24, 2.45) is 11.8 Å². The van der Waals surface area contributed by atoms with Crippen LogP contribution >= 0.6 is 0 Å². The van der Waals surface area contributed by atoms with E-state index in [1.54, 1.807) is 0 Å². The van der Waals surface area contributed by atoms with Crippen molar-refractivity contribution in [3.63, 3.8) is 0 Å². The zero-order valence-corrected chi connectivity index (χ0v) is 20.8. The van der Waals surface area contributed by atoms with Gasteiger partial charge in [0.05, 0.1) is 0 Å². The summed E-state index contributed by atoms with van der Waals surface area (Å²) in [7, 11) is 0. The third-order valence-corrected chi connectivity index (χ3v) is 8.06. The highest BCUT2D eigenvalue weighted by molar-refractivity contribution is 5.89. The topological polar surface area (TPSA) is 44.4 Å². The smallest absolute Gasteiger partial charge is 0.243 e. The van der Waals surface area contributed by atoms with Crippen LogP contribution < -0.4 is 15.5 Å². The maximum absolute atomic E-state index is 13.8. The average Bonchev–Trinajstić information content (AvgIpc) is 3.56. The van der Waals surface area contributed by atoms with Crippen molar-refractivity contribution in [1.82, 2.24) is 10.6 Å². The maximum atomic E-state index is 13.8. The van der Waals surface area contributed by atoms with Gasteiger partial charge in [0.2, 0.25) is 5.91 Å². The van der Waals surface area contributed by atoms with Crippen LogP contribution in [0, 0.1) is 11.8 Å². The predicted molar refractivity (Wildman–Crippen MR) is 134 cm³/mol. The van der Waals surface area contributed by atoms with E-state index in [4.69, 9.17) is 0 Å². The van der Waals surface area contributed by atoms with Crippen molar-refractivity contribution in [2.75, 3.05) is 18.0 Å². The molecule has 0 aromatic heterocycles. The van der Waals surface area contributed by atoms with Crippen LogP contribution in [0.4, 0.5) is 5.69 Å². The second-order valence-corrected chi connectivity index (χ2v) is 11.0. The summed E-state index contributed by atoms with van der Waals surface area (Å²) in [6, 6.07) is 7.35. The van der Waals surface area contributed by atoms with Gasteiger partial charge in [0.25, 0.3) is 0 Å². The van der Waals surface area contributed by atoms with Crippen LogP contribution in [0.25, 0.3) is 0 Å². The number of carbonyl (C=O) groups is 1. The molecule has 0 radical (unpaired) electrons. The van der Waals surface area contributed by atoms with Crippen molar-refractivity contribution in [1.29, 1.82) is 0 Å². The highest BCUT2D eigenvalue weighted by Gasteiger charge is 2.43. The molecule has 1 amide bonds. The lowest BCUT2D eigenvalue weighted by Crippen LogP contribution is -2.59. The summed E-state index contributed by atoms with van der Waals surface area (Å²) < 4.78 is 0. The number of unbranched alkanes of at least 4 members (excludes halogenated alkanes) is 3. The van der Waals surface area contributed by atoms with Crippen LogP contribution in [0.5, 0.6) is 0 Å². The zero-order chi connectivity index (χ0) is 22.7. The van der Waals surface area contributed by atoms with Gasteiger partial charge in [0.15, 0.2) is 0 Å². The number of rotatable bonds is 10. The summed E-state index contributed by atoms with van der Waals surface area (Å²) in [5.41, 5.74) is 4.11. The molecule has 2 N–H and O–H groups in total. The number of nitrogens with one attached hydrogen (secondary N) is 2. The standard InChI is InChI=1S/C28H45N3O/c1-5-6-7-8-17-31-24(18-22-12-9-13-23(19(2)3)27(22)31)28(32)30-26(21-14-15-21)25-20(4)11-10-16-29-25/h9,12-13,19-21,24-26,29H,5-8,10-11,14-18H2,1-4H3,(H,30,32). The Morgan fingerprint density at radius 1 is 1.19 bits per heavy atom. The highest BCUT2D eigenvalue weighted by atomic mass is 16.2. The number of fused-ring (bicyclic) bond motifs is 1. The van der Waals surface area contributed by atoms with E-state index in [2.05, 4.69) is 61.4 Å². The van der Waals surface area contributed by atoms with Crippen molar-refractivity contribution in [3.8, 4) is 0 Å². The molecule has 4 rings (SSSR count). The minimum atomic E-state index is -0.0633. The lowest BCUT2D eigenvalue weighted by atomic mass is 9.85. The van der Waals surface area contributed by atoms with Gasteiger partial charge >= 0.3 is 0 Å². The van der Waals surface area contributed by atoms with Gasteiger partial charge in [-0.05, 0) is 67.5 Å². The SMILES string of the molecule is CCCCCCN1c2c(cccc2C(C)C)CC1C(=O)NC(C1CC1)C1NCCCC1C. The van der Waals surface area contributed by atoms with Crippen LogP contribution in [0.2, 0.25) is 0 Å². The van der Waals surface area contributed by atoms with E-state index in [1.807, 2.05) is 0 Å². The Morgan fingerprint density at radius 2 is 2.00 bits per heavy atom. The van der Waals surface area contributed by atoms with E-state index >= 15 is 0 Å². The summed E-state index contributed by atoms with van der Waals surface area (Å²) in [4.78, 5) is 16.3. The molecule has 2 fully saturated rings. The fourth-order valence-electron chi connectivity index (χ4n) is 6.05. The minimum Gasteiger partial charge on any atom is -0.359 e. The summed E-state index contributed by atoms with van der Waals surface area (Å²) in [6.45, 7) is 11.2. The van der Waals surface area contributed by atoms with E-state index in [-0.39, 0.29) is 18.0 Å². The molecule has 4 atom stereocenters. The molecule has 1 saturated carbocycles. The molecule has 4 unspecified atom stereocenters. The van der Waals surface area contributed by atoms with Crippen molar-refractivity contribution < 1.29 is 4.79 Å². The van der Waals surface area contributed by atoms with Gasteiger partial charge in [-0.1, -0.05) is 65.2 Å². The average molecular weight is 440 g/mol. The highest BCUT2D eigenvalue weighted by Crippen LogP contribution is 2.40. The quantitative estimate of drug-likeness (QED) is 0.480. The van der Waals surface area contributed by atoms with E-state index in [1.165, 1.54) is 61.8 Å². The number of amides is 1. The lowest BCUT2D eigenvalue weighted by molar-refractivity contribution is -0.123. The number of anilines is 1. The van der Waals surface area contributed by atoms with E-state index in [0.717, 1.165) is 25.9 Å². The molecule has 4 nitrogen and oxygen atoms in total. The Kier molecular flexibility index (Phi) is 7.81. The first-order valence-corrected chi connectivity index (χ1v) is 13.4. The van der Waals surface area contributed by atoms with Crippen molar-refractivity contribution >= 4 is 11.6 Å². The summed E-state index contributed by atoms with van der Waals surface area (Å²) >= 11 is 0. The molecule has 1 aromatic rings. The molecule has 3 aliphatic rings. The maximum Gasteiger partial charge on any atom is 0.243 e. The number of hydrogen-bond acceptors (Lipinski definition) is 3. The van der Waals surface area contributed by atoms with Gasteiger partial charge in [0, 0.05) is 30.7 Å². The second kappa shape index (κ2) is 10.6. The largest absolute Gasteiger partial charge is 0.359 e. The van der Waals surface area contributed by atoms with Gasteiger partial charge in [-0.2, -0.15) is 0 Å². The monoisotopic (exact) mass is 439 g/mol. The van der Waals surface area contributed by atoms with Crippen molar-refractivity contribution in [3.05, 3.63) is 29.3 Å². The van der Waals surface area contributed by atoms with Gasteiger partial charge in [-0.3, -0.25) is 4.79 Å². The molecular formula is C28H45N3O. The molecule has 4 heteroatoms. The number of hydrogen-bond donors (Lipinski definition) is 2. The van der Waals surface area contributed by atoms with E-state index in [0.29, 0.717) is 23.8 Å². The van der Waals surface area contributed by atoms with Crippen LogP contribution in [0.3, 0.4) is 0 Å². The van der Waals surface area contributed by atoms with Crippen molar-refractivity contribution in [2.45, 2.75) is 110 Å². The summed E-state index contributed by atoms with van der Waals surface area (Å²) in [6.07, 6.45) is 10.8. The normalized spacial score (nSPS) is 26.3. The number of nitrogens with zero attached hydrogens (tertiary/aromatic N) is 1. The van der Waals surface area contributed by atoms with Gasteiger partial charge in [-0.15, -0.1) is 0 Å². The Hall–Kier alpha value is -1.55. The van der Waals surface area contributed by atoms with Crippen LogP contribution in [0.15, 0.2) is 18.2 Å². The predicted octanol–water partition coefficient (Wildman–Crippen LogP) is 5.40. The molecule has 178 valence electrons. The number of benzene rings is 1. The number of carbonyl (C=O) groups excluding carboxylic acids is 1. The first kappa shape index (κ1) is 23.6. The van der Waals surface area contributed by atoms with Crippen LogP contribution in [-0.2, 0) is 11.2 Å². The molecular weight excluding hydrogens is 394 g/mol. The van der Waals surface area contributed by atoms with Crippen LogP contribution in [0.1, 0.15) is 96.1 Å². The zero-order valence-electron chi connectivity index (χ0n) is 20.8. The number of para-hydroxylation sites is 1. The molecule has 0 bridgehead atoms. The third-order valence-electron chi connectivity index (χ3n) is 8.06. The molecule has 2 aliphatic heterocycles. The van der Waals surface area contributed by atoms with E-state index in [9.17, 15) is 4.79 Å². The molecule has 32 heavy (non-hydrogen) atoms. The lowest BCUT2D eigenvalue weighted by Gasteiger charge is -2.38. The minimum absolute atomic E-state index is 0.0633.